The molecule has 0 aromatic heterocycles. The van der Waals surface area contributed by atoms with Crippen molar-refractivity contribution in [1.29, 1.82) is 0 Å². The van der Waals surface area contributed by atoms with Gasteiger partial charge in [0.25, 0.3) is 0 Å². The first kappa shape index (κ1) is 11.2. The molecule has 2 unspecified atom stereocenters. The zero-order chi connectivity index (χ0) is 11.5. The molecule has 0 amide bonds. The summed E-state index contributed by atoms with van der Waals surface area (Å²) in [6.07, 6.45) is 0.630. The molecule has 1 saturated carbocycles. The minimum atomic E-state index is -2.28. The number of alkyl halides is 2. The van der Waals surface area contributed by atoms with Crippen LogP contribution in [0.15, 0.2) is 24.3 Å². The largest absolute Gasteiger partial charge is 0.298 e. The summed E-state index contributed by atoms with van der Waals surface area (Å²) in [6, 6.07) is 7.07. The Bertz CT molecular complexity index is 376. The Morgan fingerprint density at radius 2 is 2.00 bits per heavy atom. The van der Waals surface area contributed by atoms with Gasteiger partial charge in [0.05, 0.1) is 0 Å². The molecule has 0 bridgehead atoms. The van der Waals surface area contributed by atoms with E-state index in [4.69, 9.17) is 0 Å². The Morgan fingerprint density at radius 1 is 1.25 bits per heavy atom. The summed E-state index contributed by atoms with van der Waals surface area (Å²) in [5, 5.41) is 0. The third kappa shape index (κ3) is 1.99. The summed E-state index contributed by atoms with van der Waals surface area (Å²) in [5.74, 6) is -0.734. The molecule has 1 aliphatic rings. The van der Waals surface area contributed by atoms with Crippen LogP contribution < -0.4 is 0 Å². The number of halogens is 2. The van der Waals surface area contributed by atoms with Gasteiger partial charge in [0.2, 0.25) is 6.43 Å². The quantitative estimate of drug-likeness (QED) is 0.716. The zero-order valence-electron chi connectivity index (χ0n) is 8.90. The highest BCUT2D eigenvalue weighted by Gasteiger charge is 2.35. The maximum atomic E-state index is 12.8. The summed E-state index contributed by atoms with van der Waals surface area (Å²) in [4.78, 5) is 10.9. The van der Waals surface area contributed by atoms with Crippen LogP contribution in [0.2, 0.25) is 0 Å². The van der Waals surface area contributed by atoms with Crippen LogP contribution in [0.4, 0.5) is 8.78 Å². The highest BCUT2D eigenvalue weighted by molar-refractivity contribution is 5.77. The molecule has 1 aliphatic carbocycles. The van der Waals surface area contributed by atoms with Gasteiger partial charge in [-0.3, -0.25) is 4.79 Å². The van der Waals surface area contributed by atoms with Crippen molar-refractivity contribution in [2.45, 2.75) is 31.6 Å². The Balaban J connectivity index is 2.32. The summed E-state index contributed by atoms with van der Waals surface area (Å²) < 4.78 is 25.6. The third-order valence-electron chi connectivity index (χ3n) is 3.42. The van der Waals surface area contributed by atoms with Crippen LogP contribution in [0.5, 0.6) is 0 Å². The van der Waals surface area contributed by atoms with Crippen molar-refractivity contribution >= 4 is 6.29 Å². The van der Waals surface area contributed by atoms with Crippen molar-refractivity contribution in [2.75, 3.05) is 0 Å². The fourth-order valence-electron chi connectivity index (χ4n) is 2.63. The van der Waals surface area contributed by atoms with Gasteiger partial charge in [-0.15, -0.1) is 0 Å². The Labute approximate surface area is 93.5 Å². The summed E-state index contributed by atoms with van der Waals surface area (Å²) in [6.45, 7) is 0. The van der Waals surface area contributed by atoms with Crippen molar-refractivity contribution in [2.24, 2.45) is 5.92 Å². The van der Waals surface area contributed by atoms with Crippen molar-refractivity contribution in [3.63, 3.8) is 0 Å². The number of carbonyl (C=O) groups excluding carboxylic acids is 1. The zero-order valence-corrected chi connectivity index (χ0v) is 8.90. The van der Waals surface area contributed by atoms with E-state index in [1.165, 1.54) is 0 Å². The first-order valence-corrected chi connectivity index (χ1v) is 5.56. The second-order valence-corrected chi connectivity index (χ2v) is 4.28. The molecular formula is C13H14F2O. The van der Waals surface area contributed by atoms with E-state index in [0.29, 0.717) is 12.0 Å². The Hall–Kier alpha value is -1.25. The van der Waals surface area contributed by atoms with Gasteiger partial charge in [0.1, 0.15) is 6.29 Å². The van der Waals surface area contributed by atoms with Crippen molar-refractivity contribution in [3.8, 4) is 0 Å². The number of carbonyl (C=O) groups is 1. The van der Waals surface area contributed by atoms with Gasteiger partial charge in [-0.2, -0.15) is 0 Å². The van der Waals surface area contributed by atoms with Gasteiger partial charge in [0.15, 0.2) is 0 Å². The highest BCUT2D eigenvalue weighted by Crippen LogP contribution is 2.43. The topological polar surface area (TPSA) is 17.1 Å². The molecule has 2 atom stereocenters. The number of rotatable bonds is 3. The van der Waals surface area contributed by atoms with Gasteiger partial charge in [-0.1, -0.05) is 30.7 Å². The molecule has 0 heterocycles. The van der Waals surface area contributed by atoms with E-state index in [-0.39, 0.29) is 5.92 Å². The van der Waals surface area contributed by atoms with Crippen LogP contribution in [-0.4, -0.2) is 12.7 Å². The molecule has 0 saturated heterocycles. The molecule has 1 aromatic carbocycles. The lowest BCUT2D eigenvalue weighted by atomic mass is 9.86. The molecule has 0 radical (unpaired) electrons. The van der Waals surface area contributed by atoms with Crippen molar-refractivity contribution in [1.82, 2.24) is 0 Å². The van der Waals surface area contributed by atoms with E-state index in [1.807, 2.05) is 6.07 Å². The molecular weight excluding hydrogens is 210 g/mol. The first-order chi connectivity index (χ1) is 7.74. The lowest BCUT2D eigenvalue weighted by molar-refractivity contribution is 0.0714. The predicted octanol–water partition coefficient (Wildman–Crippen LogP) is 3.65. The van der Waals surface area contributed by atoms with E-state index in [9.17, 15) is 13.6 Å². The molecule has 1 fully saturated rings. The van der Waals surface area contributed by atoms with Crippen LogP contribution >= 0.6 is 0 Å². The smallest absolute Gasteiger partial charge is 0.242 e. The van der Waals surface area contributed by atoms with Gasteiger partial charge >= 0.3 is 0 Å². The summed E-state index contributed by atoms with van der Waals surface area (Å²) in [5.41, 5.74) is 1.35. The van der Waals surface area contributed by atoms with E-state index < -0.39 is 12.3 Å². The fraction of sp³-hybridized carbons (Fsp3) is 0.462. The SMILES string of the molecule is O=Cc1ccccc1C1CCCC1C(F)F. The third-order valence-corrected chi connectivity index (χ3v) is 3.42. The Kier molecular flexibility index (Phi) is 3.32. The van der Waals surface area contributed by atoms with Crippen molar-refractivity contribution < 1.29 is 13.6 Å². The molecule has 2 rings (SSSR count). The average Bonchev–Trinajstić information content (AvgIpc) is 2.77. The van der Waals surface area contributed by atoms with E-state index in [2.05, 4.69) is 0 Å². The van der Waals surface area contributed by atoms with Crippen LogP contribution in [0.1, 0.15) is 41.1 Å². The number of benzene rings is 1. The van der Waals surface area contributed by atoms with Gasteiger partial charge in [-0.05, 0) is 24.3 Å². The predicted molar refractivity (Wildman–Crippen MR) is 57.9 cm³/mol. The highest BCUT2D eigenvalue weighted by atomic mass is 19.3. The lowest BCUT2D eigenvalue weighted by Gasteiger charge is -2.20. The first-order valence-electron chi connectivity index (χ1n) is 5.56. The Morgan fingerprint density at radius 3 is 2.69 bits per heavy atom. The van der Waals surface area contributed by atoms with Crippen LogP contribution in [0.25, 0.3) is 0 Å². The number of hydrogen-bond acceptors (Lipinski definition) is 1. The van der Waals surface area contributed by atoms with E-state index in [1.54, 1.807) is 18.2 Å². The minimum absolute atomic E-state index is 0.151. The van der Waals surface area contributed by atoms with Crippen LogP contribution in [-0.2, 0) is 0 Å². The minimum Gasteiger partial charge on any atom is -0.298 e. The van der Waals surface area contributed by atoms with Crippen LogP contribution in [0.3, 0.4) is 0 Å². The maximum absolute atomic E-state index is 12.8. The standard InChI is InChI=1S/C13H14F2O/c14-13(15)12-7-3-6-11(12)10-5-2-1-4-9(10)8-16/h1-2,4-5,8,11-13H,3,6-7H2. The normalized spacial score (nSPS) is 24.9. The van der Waals surface area contributed by atoms with E-state index >= 15 is 0 Å². The fourth-order valence-corrected chi connectivity index (χ4v) is 2.63. The van der Waals surface area contributed by atoms with Gasteiger partial charge in [0, 0.05) is 11.5 Å². The molecule has 0 aliphatic heterocycles. The maximum Gasteiger partial charge on any atom is 0.242 e. The molecule has 3 heteroatoms. The second kappa shape index (κ2) is 4.73. The van der Waals surface area contributed by atoms with E-state index in [0.717, 1.165) is 24.7 Å². The van der Waals surface area contributed by atoms with Gasteiger partial charge in [-0.25, -0.2) is 8.78 Å². The monoisotopic (exact) mass is 224 g/mol. The number of aldehydes is 1. The molecule has 1 aromatic rings. The van der Waals surface area contributed by atoms with Crippen molar-refractivity contribution in [3.05, 3.63) is 35.4 Å². The molecule has 86 valence electrons. The average molecular weight is 224 g/mol. The summed E-state index contributed by atoms with van der Waals surface area (Å²) in [7, 11) is 0. The summed E-state index contributed by atoms with van der Waals surface area (Å²) >= 11 is 0. The second-order valence-electron chi connectivity index (χ2n) is 4.28. The molecule has 1 nitrogen and oxygen atoms in total. The molecule has 0 N–H and O–H groups in total. The molecule has 16 heavy (non-hydrogen) atoms. The molecule has 0 spiro atoms. The lowest BCUT2D eigenvalue weighted by Crippen LogP contribution is -2.16. The van der Waals surface area contributed by atoms with Crippen LogP contribution in [0, 0.1) is 5.92 Å². The van der Waals surface area contributed by atoms with Gasteiger partial charge < -0.3 is 0 Å². The number of hydrogen-bond donors (Lipinski definition) is 0.